The van der Waals surface area contributed by atoms with Crippen LogP contribution in [0.1, 0.15) is 30.1 Å². The fraction of sp³-hybridized carbons (Fsp3) is 0.538. The van der Waals surface area contributed by atoms with Crippen LogP contribution in [0.2, 0.25) is 0 Å². The summed E-state index contributed by atoms with van der Waals surface area (Å²) in [7, 11) is 4.10. The number of hydrogen-bond acceptors (Lipinski definition) is 4. The summed E-state index contributed by atoms with van der Waals surface area (Å²) in [4.78, 5) is 17.6. The van der Waals surface area contributed by atoms with E-state index in [0.29, 0.717) is 17.4 Å². The van der Waals surface area contributed by atoms with Crippen LogP contribution in [0.4, 0.5) is 5.82 Å². The van der Waals surface area contributed by atoms with Gasteiger partial charge in [0.05, 0.1) is 5.56 Å². The molecule has 1 unspecified atom stereocenters. The topological polar surface area (TPSA) is 71.2 Å². The molecule has 18 heavy (non-hydrogen) atoms. The molecule has 100 valence electrons. The number of nitrogens with zero attached hydrogens (tertiary/aromatic N) is 2. The highest BCUT2D eigenvalue weighted by atomic mass is 16.1. The van der Waals surface area contributed by atoms with E-state index in [4.69, 9.17) is 5.73 Å². The minimum atomic E-state index is -0.456. The molecule has 0 aromatic carbocycles. The molecular formula is C13H22N4O. The third-order valence-corrected chi connectivity index (χ3v) is 2.93. The molecule has 0 aliphatic rings. The van der Waals surface area contributed by atoms with Gasteiger partial charge in [-0.3, -0.25) is 4.79 Å². The molecule has 1 amide bonds. The van der Waals surface area contributed by atoms with Gasteiger partial charge in [-0.15, -0.1) is 0 Å². The number of primary amides is 1. The normalized spacial score (nSPS) is 12.4. The molecule has 0 fully saturated rings. The second-order valence-electron chi connectivity index (χ2n) is 4.55. The molecule has 1 aromatic heterocycles. The van der Waals surface area contributed by atoms with Crippen LogP contribution >= 0.6 is 0 Å². The summed E-state index contributed by atoms with van der Waals surface area (Å²) in [5.41, 5.74) is 5.75. The van der Waals surface area contributed by atoms with Crippen LogP contribution in [0.15, 0.2) is 18.3 Å². The molecule has 3 N–H and O–H groups in total. The SMILES string of the molecule is CCCC(CNc1ncccc1C(N)=O)N(C)C. The Balaban J connectivity index is 2.70. The number of nitrogens with two attached hydrogens (primary N) is 1. The molecule has 0 saturated heterocycles. The fourth-order valence-electron chi connectivity index (χ4n) is 1.84. The maximum Gasteiger partial charge on any atom is 0.252 e. The van der Waals surface area contributed by atoms with Gasteiger partial charge in [0.25, 0.3) is 5.91 Å². The number of likely N-dealkylation sites (N-methyl/N-ethyl adjacent to an activating group) is 1. The van der Waals surface area contributed by atoms with Crippen molar-refractivity contribution in [2.75, 3.05) is 26.0 Å². The van der Waals surface area contributed by atoms with Gasteiger partial charge in [-0.05, 0) is 32.6 Å². The zero-order valence-electron chi connectivity index (χ0n) is 11.3. The molecule has 1 rings (SSSR count). The largest absolute Gasteiger partial charge is 0.368 e. The smallest absolute Gasteiger partial charge is 0.252 e. The predicted octanol–water partition coefficient (Wildman–Crippen LogP) is 1.32. The van der Waals surface area contributed by atoms with E-state index in [2.05, 4.69) is 36.2 Å². The Kier molecular flexibility index (Phi) is 5.58. The van der Waals surface area contributed by atoms with E-state index in [-0.39, 0.29) is 0 Å². The summed E-state index contributed by atoms with van der Waals surface area (Å²) >= 11 is 0. The van der Waals surface area contributed by atoms with E-state index in [1.807, 2.05) is 0 Å². The van der Waals surface area contributed by atoms with Gasteiger partial charge in [0.1, 0.15) is 5.82 Å². The zero-order chi connectivity index (χ0) is 13.5. The quantitative estimate of drug-likeness (QED) is 0.765. The molecule has 0 saturated carbocycles. The number of pyridine rings is 1. The number of anilines is 1. The van der Waals surface area contributed by atoms with Gasteiger partial charge in [-0.25, -0.2) is 4.98 Å². The molecule has 0 aliphatic heterocycles. The average molecular weight is 250 g/mol. The number of rotatable bonds is 7. The third kappa shape index (κ3) is 4.00. The van der Waals surface area contributed by atoms with Crippen molar-refractivity contribution in [2.24, 2.45) is 5.73 Å². The van der Waals surface area contributed by atoms with E-state index < -0.39 is 5.91 Å². The Hall–Kier alpha value is -1.62. The number of carbonyl (C=O) groups is 1. The van der Waals surface area contributed by atoms with E-state index in [1.54, 1.807) is 18.3 Å². The minimum absolute atomic E-state index is 0.415. The minimum Gasteiger partial charge on any atom is -0.368 e. The van der Waals surface area contributed by atoms with E-state index in [1.165, 1.54) is 0 Å². The Morgan fingerprint density at radius 1 is 1.56 bits per heavy atom. The van der Waals surface area contributed by atoms with Crippen LogP contribution < -0.4 is 11.1 Å². The maximum absolute atomic E-state index is 11.3. The first-order valence-electron chi connectivity index (χ1n) is 6.21. The van der Waals surface area contributed by atoms with Crippen LogP contribution in [0.25, 0.3) is 0 Å². The Morgan fingerprint density at radius 3 is 2.83 bits per heavy atom. The number of carbonyl (C=O) groups excluding carboxylic acids is 1. The summed E-state index contributed by atoms with van der Waals surface area (Å²) in [6.07, 6.45) is 3.87. The lowest BCUT2D eigenvalue weighted by Gasteiger charge is -2.24. The first-order valence-corrected chi connectivity index (χ1v) is 6.21. The number of amides is 1. The lowest BCUT2D eigenvalue weighted by molar-refractivity contribution is 0.100. The van der Waals surface area contributed by atoms with Crippen LogP contribution in [0.3, 0.4) is 0 Å². The first-order chi connectivity index (χ1) is 8.56. The van der Waals surface area contributed by atoms with Crippen LogP contribution in [-0.4, -0.2) is 42.5 Å². The van der Waals surface area contributed by atoms with Crippen molar-refractivity contribution in [2.45, 2.75) is 25.8 Å². The van der Waals surface area contributed by atoms with E-state index in [9.17, 15) is 4.79 Å². The van der Waals surface area contributed by atoms with Gasteiger partial charge in [-0.2, -0.15) is 0 Å². The summed E-state index contributed by atoms with van der Waals surface area (Å²) in [5.74, 6) is 0.107. The van der Waals surface area contributed by atoms with Crippen molar-refractivity contribution in [3.63, 3.8) is 0 Å². The van der Waals surface area contributed by atoms with Crippen molar-refractivity contribution in [1.82, 2.24) is 9.88 Å². The monoisotopic (exact) mass is 250 g/mol. The molecule has 1 heterocycles. The van der Waals surface area contributed by atoms with Crippen molar-refractivity contribution in [1.29, 1.82) is 0 Å². The molecule has 0 radical (unpaired) electrons. The highest BCUT2D eigenvalue weighted by Crippen LogP contribution is 2.12. The van der Waals surface area contributed by atoms with Crippen LogP contribution in [-0.2, 0) is 0 Å². The van der Waals surface area contributed by atoms with E-state index >= 15 is 0 Å². The Labute approximate surface area is 108 Å². The summed E-state index contributed by atoms with van der Waals surface area (Å²) in [5, 5.41) is 3.21. The lowest BCUT2D eigenvalue weighted by Crippen LogP contribution is -2.34. The molecule has 1 aromatic rings. The van der Waals surface area contributed by atoms with Crippen LogP contribution in [0.5, 0.6) is 0 Å². The second kappa shape index (κ2) is 6.96. The molecular weight excluding hydrogens is 228 g/mol. The highest BCUT2D eigenvalue weighted by molar-refractivity contribution is 5.97. The van der Waals surface area contributed by atoms with Gasteiger partial charge in [0.15, 0.2) is 0 Å². The van der Waals surface area contributed by atoms with Gasteiger partial charge < -0.3 is 16.0 Å². The van der Waals surface area contributed by atoms with Crippen molar-refractivity contribution in [3.05, 3.63) is 23.9 Å². The van der Waals surface area contributed by atoms with Crippen molar-refractivity contribution in [3.8, 4) is 0 Å². The van der Waals surface area contributed by atoms with Crippen molar-refractivity contribution >= 4 is 11.7 Å². The molecule has 1 atom stereocenters. The molecule has 0 aliphatic carbocycles. The first kappa shape index (κ1) is 14.4. The summed E-state index contributed by atoms with van der Waals surface area (Å²) in [6.45, 7) is 2.91. The second-order valence-corrected chi connectivity index (χ2v) is 4.55. The van der Waals surface area contributed by atoms with E-state index in [0.717, 1.165) is 19.4 Å². The molecule has 5 nitrogen and oxygen atoms in total. The molecule has 5 heteroatoms. The molecule has 0 spiro atoms. The highest BCUT2D eigenvalue weighted by Gasteiger charge is 2.13. The van der Waals surface area contributed by atoms with Gasteiger partial charge >= 0.3 is 0 Å². The van der Waals surface area contributed by atoms with Gasteiger partial charge in [-0.1, -0.05) is 13.3 Å². The summed E-state index contributed by atoms with van der Waals surface area (Å²) < 4.78 is 0. The third-order valence-electron chi connectivity index (χ3n) is 2.93. The lowest BCUT2D eigenvalue weighted by atomic mass is 10.1. The fourth-order valence-corrected chi connectivity index (χ4v) is 1.84. The Morgan fingerprint density at radius 2 is 2.28 bits per heavy atom. The predicted molar refractivity (Wildman–Crippen MR) is 73.6 cm³/mol. The standard InChI is InChI=1S/C13H22N4O/c1-4-6-10(17(2)3)9-16-13-11(12(14)18)7-5-8-15-13/h5,7-8,10H,4,6,9H2,1-3H3,(H2,14,18)(H,15,16). The number of aromatic nitrogens is 1. The number of nitrogens with one attached hydrogen (secondary N) is 1. The number of hydrogen-bond donors (Lipinski definition) is 2. The van der Waals surface area contributed by atoms with Gasteiger partial charge in [0.2, 0.25) is 0 Å². The summed E-state index contributed by atoms with van der Waals surface area (Å²) in [6, 6.07) is 3.81. The maximum atomic E-state index is 11.3. The Bertz CT molecular complexity index is 392. The van der Waals surface area contributed by atoms with Gasteiger partial charge in [0, 0.05) is 18.8 Å². The molecule has 0 bridgehead atoms. The average Bonchev–Trinajstić information content (AvgIpc) is 2.34. The van der Waals surface area contributed by atoms with Crippen LogP contribution in [0, 0.1) is 0 Å². The van der Waals surface area contributed by atoms with Crippen molar-refractivity contribution < 1.29 is 4.79 Å². The zero-order valence-corrected chi connectivity index (χ0v) is 11.3.